The average Bonchev–Trinajstić information content (AvgIpc) is 2.30. The molecule has 0 fully saturated rings. The lowest BCUT2D eigenvalue weighted by molar-refractivity contribution is -0.146. The first-order valence-electron chi connectivity index (χ1n) is 5.93. The Morgan fingerprint density at radius 2 is 1.37 bits per heavy atom. The Balaban J connectivity index is 4.33. The zero-order valence-corrected chi connectivity index (χ0v) is 10.7. The second-order valence-corrected chi connectivity index (χ2v) is 4.47. The van der Waals surface area contributed by atoms with Crippen molar-refractivity contribution in [3.63, 3.8) is 0 Å². The molecule has 0 radical (unpaired) electrons. The van der Waals surface area contributed by atoms with E-state index in [4.69, 9.17) is 15.3 Å². The van der Waals surface area contributed by atoms with Crippen LogP contribution in [0.25, 0.3) is 0 Å². The number of hydrogen-bond acceptors (Lipinski definition) is 4. The van der Waals surface area contributed by atoms with E-state index in [2.05, 4.69) is 0 Å². The molecule has 0 aliphatic rings. The maximum absolute atomic E-state index is 11.7. The first kappa shape index (κ1) is 17.1. The number of carbonyl (C=O) groups excluding carboxylic acids is 1. The lowest BCUT2D eigenvalue weighted by Crippen LogP contribution is -2.22. The van der Waals surface area contributed by atoms with Crippen molar-refractivity contribution in [2.75, 3.05) is 0 Å². The second kappa shape index (κ2) is 8.23. The van der Waals surface area contributed by atoms with E-state index in [1.54, 1.807) is 6.92 Å². The molecule has 0 amide bonds. The lowest BCUT2D eigenvalue weighted by atomic mass is 9.90. The van der Waals surface area contributed by atoms with Gasteiger partial charge in [0.25, 0.3) is 0 Å². The number of carboxylic acid groups (broad SMARTS) is 3. The molecule has 108 valence electrons. The lowest BCUT2D eigenvalue weighted by Gasteiger charge is -2.13. The van der Waals surface area contributed by atoms with E-state index in [0.29, 0.717) is 0 Å². The van der Waals surface area contributed by atoms with Crippen molar-refractivity contribution in [1.29, 1.82) is 0 Å². The number of aliphatic carboxylic acids is 3. The standard InChI is InChI=1S/C12H18O7/c1-7(2-4-10(14)15)9(13)6-8(12(18)19)3-5-11(16)17/h7-8H,2-6H2,1H3,(H,14,15)(H,16,17)(H,18,19). The number of hydrogen-bond donors (Lipinski definition) is 3. The van der Waals surface area contributed by atoms with Crippen LogP contribution in [0.3, 0.4) is 0 Å². The summed E-state index contributed by atoms with van der Waals surface area (Å²) in [6.45, 7) is 1.54. The van der Waals surface area contributed by atoms with E-state index in [1.807, 2.05) is 0 Å². The largest absolute Gasteiger partial charge is 0.481 e. The molecule has 2 atom stereocenters. The maximum Gasteiger partial charge on any atom is 0.306 e. The summed E-state index contributed by atoms with van der Waals surface area (Å²) in [5.74, 6) is -5.25. The van der Waals surface area contributed by atoms with E-state index in [1.165, 1.54) is 0 Å². The van der Waals surface area contributed by atoms with Gasteiger partial charge in [-0.05, 0) is 12.8 Å². The number of carboxylic acids is 3. The predicted octanol–water partition coefficient (Wildman–Crippen LogP) is 1.01. The number of ketones is 1. The Morgan fingerprint density at radius 3 is 1.79 bits per heavy atom. The van der Waals surface area contributed by atoms with Crippen LogP contribution in [0.5, 0.6) is 0 Å². The molecule has 0 saturated heterocycles. The van der Waals surface area contributed by atoms with Gasteiger partial charge in [0.1, 0.15) is 5.78 Å². The van der Waals surface area contributed by atoms with Crippen molar-refractivity contribution >= 4 is 23.7 Å². The van der Waals surface area contributed by atoms with Gasteiger partial charge in [-0.25, -0.2) is 0 Å². The van der Waals surface area contributed by atoms with Gasteiger partial charge in [-0.15, -0.1) is 0 Å². The fourth-order valence-corrected chi connectivity index (χ4v) is 1.56. The van der Waals surface area contributed by atoms with Crippen LogP contribution in [-0.2, 0) is 19.2 Å². The maximum atomic E-state index is 11.7. The van der Waals surface area contributed by atoms with Gasteiger partial charge in [-0.3, -0.25) is 19.2 Å². The van der Waals surface area contributed by atoms with Crippen LogP contribution in [0.15, 0.2) is 0 Å². The van der Waals surface area contributed by atoms with Crippen LogP contribution < -0.4 is 0 Å². The molecule has 0 spiro atoms. The summed E-state index contributed by atoms with van der Waals surface area (Å²) in [5, 5.41) is 25.9. The third-order valence-corrected chi connectivity index (χ3v) is 2.84. The van der Waals surface area contributed by atoms with Crippen LogP contribution in [0.2, 0.25) is 0 Å². The molecule has 0 aliphatic carbocycles. The average molecular weight is 274 g/mol. The highest BCUT2D eigenvalue weighted by Gasteiger charge is 2.25. The van der Waals surface area contributed by atoms with Crippen molar-refractivity contribution in [3.05, 3.63) is 0 Å². The minimum Gasteiger partial charge on any atom is -0.481 e. The highest BCUT2D eigenvalue weighted by atomic mass is 16.4. The van der Waals surface area contributed by atoms with Gasteiger partial charge in [0.15, 0.2) is 0 Å². The second-order valence-electron chi connectivity index (χ2n) is 4.47. The van der Waals surface area contributed by atoms with Crippen molar-refractivity contribution in [2.24, 2.45) is 11.8 Å². The highest BCUT2D eigenvalue weighted by Crippen LogP contribution is 2.18. The van der Waals surface area contributed by atoms with E-state index < -0.39 is 29.7 Å². The molecular weight excluding hydrogens is 256 g/mol. The molecular formula is C12H18O7. The van der Waals surface area contributed by atoms with Crippen molar-refractivity contribution in [2.45, 2.75) is 39.0 Å². The molecule has 0 aromatic heterocycles. The van der Waals surface area contributed by atoms with Gasteiger partial charge < -0.3 is 15.3 Å². The summed E-state index contributed by atoms with van der Waals surface area (Å²) in [5.41, 5.74) is 0. The summed E-state index contributed by atoms with van der Waals surface area (Å²) in [6, 6.07) is 0. The molecule has 0 saturated carbocycles. The molecule has 19 heavy (non-hydrogen) atoms. The van der Waals surface area contributed by atoms with Crippen LogP contribution in [0, 0.1) is 11.8 Å². The molecule has 2 unspecified atom stereocenters. The third kappa shape index (κ3) is 7.91. The first-order chi connectivity index (χ1) is 8.73. The Bertz CT molecular complexity index is 361. The fraction of sp³-hybridized carbons (Fsp3) is 0.667. The third-order valence-electron chi connectivity index (χ3n) is 2.84. The number of rotatable bonds is 10. The predicted molar refractivity (Wildman–Crippen MR) is 63.7 cm³/mol. The van der Waals surface area contributed by atoms with Gasteiger partial charge in [0.2, 0.25) is 0 Å². The van der Waals surface area contributed by atoms with E-state index in [9.17, 15) is 19.2 Å². The zero-order valence-electron chi connectivity index (χ0n) is 10.7. The topological polar surface area (TPSA) is 129 Å². The number of Topliss-reactive ketones (excluding diaryl/α,β-unsaturated/α-hetero) is 1. The van der Waals surface area contributed by atoms with Crippen molar-refractivity contribution < 1.29 is 34.5 Å². The molecule has 0 heterocycles. The van der Waals surface area contributed by atoms with E-state index in [0.717, 1.165) is 0 Å². The number of carbonyl (C=O) groups is 4. The van der Waals surface area contributed by atoms with E-state index >= 15 is 0 Å². The normalized spacial score (nSPS) is 13.5. The molecule has 0 rings (SSSR count). The molecule has 7 heteroatoms. The Morgan fingerprint density at radius 1 is 0.895 bits per heavy atom. The van der Waals surface area contributed by atoms with Gasteiger partial charge in [-0.2, -0.15) is 0 Å². The molecule has 7 nitrogen and oxygen atoms in total. The molecule has 0 aromatic rings. The van der Waals surface area contributed by atoms with Crippen LogP contribution >= 0.6 is 0 Å². The Hall–Kier alpha value is -1.92. The molecule has 0 aliphatic heterocycles. The Labute approximate surface area is 110 Å². The van der Waals surface area contributed by atoms with Crippen molar-refractivity contribution in [1.82, 2.24) is 0 Å². The van der Waals surface area contributed by atoms with Gasteiger partial charge in [0, 0.05) is 25.2 Å². The summed E-state index contributed by atoms with van der Waals surface area (Å²) in [7, 11) is 0. The minimum atomic E-state index is -1.21. The van der Waals surface area contributed by atoms with Crippen LogP contribution in [0.4, 0.5) is 0 Å². The minimum absolute atomic E-state index is 0.109. The highest BCUT2D eigenvalue weighted by molar-refractivity contribution is 5.85. The molecule has 0 aromatic carbocycles. The summed E-state index contributed by atoms with van der Waals surface area (Å²) in [6.07, 6.45) is -0.682. The summed E-state index contributed by atoms with van der Waals surface area (Å²) < 4.78 is 0. The smallest absolute Gasteiger partial charge is 0.306 e. The summed E-state index contributed by atoms with van der Waals surface area (Å²) >= 11 is 0. The zero-order chi connectivity index (χ0) is 15.0. The summed E-state index contributed by atoms with van der Waals surface area (Å²) in [4.78, 5) is 43.4. The van der Waals surface area contributed by atoms with Crippen LogP contribution in [-0.4, -0.2) is 39.0 Å². The fourth-order valence-electron chi connectivity index (χ4n) is 1.56. The quantitative estimate of drug-likeness (QED) is 0.542. The van der Waals surface area contributed by atoms with E-state index in [-0.39, 0.29) is 37.9 Å². The van der Waals surface area contributed by atoms with Gasteiger partial charge in [0.05, 0.1) is 5.92 Å². The SMILES string of the molecule is CC(CCC(=O)O)C(=O)CC(CCC(=O)O)C(=O)O. The first-order valence-corrected chi connectivity index (χ1v) is 5.93. The molecule has 3 N–H and O–H groups in total. The molecule has 0 bridgehead atoms. The van der Waals surface area contributed by atoms with Gasteiger partial charge in [-0.1, -0.05) is 6.92 Å². The Kier molecular flexibility index (Phi) is 7.40. The van der Waals surface area contributed by atoms with Gasteiger partial charge >= 0.3 is 17.9 Å². The van der Waals surface area contributed by atoms with Crippen LogP contribution in [0.1, 0.15) is 39.0 Å². The monoisotopic (exact) mass is 274 g/mol. The van der Waals surface area contributed by atoms with Crippen molar-refractivity contribution in [3.8, 4) is 0 Å².